The minimum Gasteiger partial charge on any atom is -0.481 e. The van der Waals surface area contributed by atoms with Gasteiger partial charge in [0.25, 0.3) is 0 Å². The van der Waals surface area contributed by atoms with E-state index in [-0.39, 0.29) is 0 Å². The summed E-state index contributed by atoms with van der Waals surface area (Å²) in [4.78, 5) is 1.32. The van der Waals surface area contributed by atoms with Gasteiger partial charge < -0.3 is 10.1 Å². The molecule has 0 aliphatic carbocycles. The van der Waals surface area contributed by atoms with Crippen molar-refractivity contribution in [3.05, 3.63) is 23.8 Å². The molecule has 0 amide bonds. The van der Waals surface area contributed by atoms with Crippen molar-refractivity contribution >= 4 is 11.8 Å². The fourth-order valence-corrected chi connectivity index (χ4v) is 3.10. The molecule has 0 radical (unpaired) electrons. The van der Waals surface area contributed by atoms with Crippen molar-refractivity contribution in [2.75, 3.05) is 19.0 Å². The van der Waals surface area contributed by atoms with E-state index in [1.165, 1.54) is 29.8 Å². The number of hydrogen-bond acceptors (Lipinski definition) is 3. The van der Waals surface area contributed by atoms with E-state index in [4.69, 9.17) is 4.74 Å². The Kier molecular flexibility index (Phi) is 2.59. The number of rotatable bonds is 1. The van der Waals surface area contributed by atoms with Gasteiger partial charge in [0.15, 0.2) is 0 Å². The van der Waals surface area contributed by atoms with Gasteiger partial charge in [0.2, 0.25) is 0 Å². The standard InChI is InChI=1S/C12H15NOS/c1-2-10(7-13-5-1)9-3-4-11-12(6-9)15-8-14-11/h3-4,6,10,13H,1-2,5,7-8H2. The van der Waals surface area contributed by atoms with Crippen molar-refractivity contribution in [1.29, 1.82) is 0 Å². The van der Waals surface area contributed by atoms with Crippen molar-refractivity contribution in [3.8, 4) is 5.75 Å². The SMILES string of the molecule is c1cc2c(cc1C1CCCNC1)SCO2. The van der Waals surface area contributed by atoms with Gasteiger partial charge in [-0.05, 0) is 43.0 Å². The van der Waals surface area contributed by atoms with E-state index in [9.17, 15) is 0 Å². The van der Waals surface area contributed by atoms with Crippen molar-refractivity contribution in [3.63, 3.8) is 0 Å². The van der Waals surface area contributed by atoms with Crippen molar-refractivity contribution in [2.45, 2.75) is 23.7 Å². The average molecular weight is 221 g/mol. The number of ether oxygens (including phenoxy) is 1. The van der Waals surface area contributed by atoms with E-state index < -0.39 is 0 Å². The molecule has 0 spiro atoms. The molecule has 0 aromatic heterocycles. The molecule has 1 unspecified atom stereocenters. The summed E-state index contributed by atoms with van der Waals surface area (Å²) in [7, 11) is 0. The van der Waals surface area contributed by atoms with Crippen LogP contribution in [0.2, 0.25) is 0 Å². The van der Waals surface area contributed by atoms with Gasteiger partial charge in [-0.1, -0.05) is 17.8 Å². The molecular formula is C12H15NOS. The summed E-state index contributed by atoms with van der Waals surface area (Å²) in [6, 6.07) is 6.66. The number of piperidine rings is 1. The van der Waals surface area contributed by atoms with E-state index in [2.05, 4.69) is 23.5 Å². The van der Waals surface area contributed by atoms with Crippen LogP contribution in [-0.2, 0) is 0 Å². The monoisotopic (exact) mass is 221 g/mol. The van der Waals surface area contributed by atoms with Gasteiger partial charge in [-0.2, -0.15) is 0 Å². The second kappa shape index (κ2) is 4.06. The van der Waals surface area contributed by atoms with E-state index in [1.54, 1.807) is 11.8 Å². The van der Waals surface area contributed by atoms with E-state index >= 15 is 0 Å². The summed E-state index contributed by atoms with van der Waals surface area (Å²) < 4.78 is 5.49. The first-order valence-corrected chi connectivity index (χ1v) is 6.52. The largest absolute Gasteiger partial charge is 0.481 e. The van der Waals surface area contributed by atoms with Crippen molar-refractivity contribution < 1.29 is 4.74 Å². The van der Waals surface area contributed by atoms with Gasteiger partial charge in [0.1, 0.15) is 11.7 Å². The molecule has 1 aromatic carbocycles. The summed E-state index contributed by atoms with van der Waals surface area (Å²) in [6.45, 7) is 2.31. The van der Waals surface area contributed by atoms with Gasteiger partial charge in [-0.3, -0.25) is 0 Å². The molecule has 2 heterocycles. The molecule has 0 saturated carbocycles. The lowest BCUT2D eigenvalue weighted by molar-refractivity contribution is 0.397. The van der Waals surface area contributed by atoms with Crippen LogP contribution in [0.4, 0.5) is 0 Å². The van der Waals surface area contributed by atoms with Crippen LogP contribution in [-0.4, -0.2) is 19.0 Å². The molecule has 2 aliphatic heterocycles. The molecule has 3 heteroatoms. The summed E-state index contributed by atoms with van der Waals surface area (Å²) >= 11 is 1.80. The van der Waals surface area contributed by atoms with Crippen LogP contribution < -0.4 is 10.1 Å². The Bertz CT molecular complexity index is 361. The normalized spacial score (nSPS) is 24.7. The molecule has 15 heavy (non-hydrogen) atoms. The highest BCUT2D eigenvalue weighted by molar-refractivity contribution is 7.99. The maximum absolute atomic E-state index is 5.49. The first kappa shape index (κ1) is 9.55. The third-order valence-electron chi connectivity index (χ3n) is 3.16. The third kappa shape index (κ3) is 1.86. The fourth-order valence-electron chi connectivity index (χ4n) is 2.30. The topological polar surface area (TPSA) is 21.3 Å². The number of benzene rings is 1. The second-order valence-electron chi connectivity index (χ2n) is 4.16. The Morgan fingerprint density at radius 1 is 1.40 bits per heavy atom. The van der Waals surface area contributed by atoms with Gasteiger partial charge in [0.05, 0.1) is 4.90 Å². The average Bonchev–Trinajstić information content (AvgIpc) is 2.77. The predicted molar refractivity (Wildman–Crippen MR) is 62.6 cm³/mol. The van der Waals surface area contributed by atoms with Crippen LogP contribution in [0.1, 0.15) is 24.3 Å². The maximum Gasteiger partial charge on any atom is 0.138 e. The summed E-state index contributed by atoms with van der Waals surface area (Å²) in [6.07, 6.45) is 2.61. The number of thioether (sulfide) groups is 1. The zero-order valence-electron chi connectivity index (χ0n) is 8.66. The molecule has 1 aromatic rings. The fraction of sp³-hybridized carbons (Fsp3) is 0.500. The second-order valence-corrected chi connectivity index (χ2v) is 5.12. The summed E-state index contributed by atoms with van der Waals surface area (Å²) in [5, 5.41) is 3.46. The van der Waals surface area contributed by atoms with Gasteiger partial charge in [0, 0.05) is 6.54 Å². The van der Waals surface area contributed by atoms with Crippen LogP contribution in [0.15, 0.2) is 23.1 Å². The van der Waals surface area contributed by atoms with E-state index in [0.29, 0.717) is 5.92 Å². The summed E-state index contributed by atoms with van der Waals surface area (Å²) in [5.74, 6) is 2.54. The number of nitrogens with one attached hydrogen (secondary N) is 1. The zero-order valence-corrected chi connectivity index (χ0v) is 9.48. The molecule has 2 nitrogen and oxygen atoms in total. The first-order chi connectivity index (χ1) is 7.43. The summed E-state index contributed by atoms with van der Waals surface area (Å²) in [5.41, 5.74) is 1.47. The zero-order chi connectivity index (χ0) is 10.1. The highest BCUT2D eigenvalue weighted by atomic mass is 32.2. The Morgan fingerprint density at radius 2 is 2.40 bits per heavy atom. The van der Waals surface area contributed by atoms with Crippen LogP contribution in [0, 0.1) is 0 Å². The van der Waals surface area contributed by atoms with Crippen LogP contribution in [0.3, 0.4) is 0 Å². The quantitative estimate of drug-likeness (QED) is 0.787. The van der Waals surface area contributed by atoms with E-state index in [1.807, 2.05) is 0 Å². The van der Waals surface area contributed by atoms with Crippen LogP contribution in [0.5, 0.6) is 5.75 Å². The van der Waals surface area contributed by atoms with Gasteiger partial charge >= 0.3 is 0 Å². The number of fused-ring (bicyclic) bond motifs is 1. The van der Waals surface area contributed by atoms with Crippen molar-refractivity contribution in [1.82, 2.24) is 5.32 Å². The lowest BCUT2D eigenvalue weighted by atomic mass is 9.92. The molecule has 80 valence electrons. The smallest absolute Gasteiger partial charge is 0.138 e. The molecule has 1 atom stereocenters. The molecule has 1 N–H and O–H groups in total. The maximum atomic E-state index is 5.49. The Labute approximate surface area is 94.4 Å². The molecule has 1 fully saturated rings. The van der Waals surface area contributed by atoms with Crippen LogP contribution >= 0.6 is 11.8 Å². The minimum absolute atomic E-state index is 0.699. The highest BCUT2D eigenvalue weighted by Crippen LogP contribution is 2.38. The Morgan fingerprint density at radius 3 is 3.27 bits per heavy atom. The first-order valence-electron chi connectivity index (χ1n) is 5.54. The molecule has 1 saturated heterocycles. The molecule has 2 aliphatic rings. The lowest BCUT2D eigenvalue weighted by Gasteiger charge is -2.23. The Hall–Kier alpha value is -0.670. The van der Waals surface area contributed by atoms with Gasteiger partial charge in [-0.15, -0.1) is 0 Å². The number of hydrogen-bond donors (Lipinski definition) is 1. The van der Waals surface area contributed by atoms with Gasteiger partial charge in [-0.25, -0.2) is 0 Å². The van der Waals surface area contributed by atoms with E-state index in [0.717, 1.165) is 18.2 Å². The minimum atomic E-state index is 0.699. The lowest BCUT2D eigenvalue weighted by Crippen LogP contribution is -2.28. The van der Waals surface area contributed by atoms with Crippen molar-refractivity contribution in [2.24, 2.45) is 0 Å². The molecule has 0 bridgehead atoms. The predicted octanol–water partition coefficient (Wildman–Crippen LogP) is 2.60. The molecule has 3 rings (SSSR count). The van der Waals surface area contributed by atoms with Crippen LogP contribution in [0.25, 0.3) is 0 Å². The highest BCUT2D eigenvalue weighted by Gasteiger charge is 2.18. The molecular weight excluding hydrogens is 206 g/mol. The third-order valence-corrected chi connectivity index (χ3v) is 4.03. The Balaban J connectivity index is 1.85.